The first-order valence-electron chi connectivity index (χ1n) is 10.7. The molecular weight excluding hydrogens is 356 g/mol. The summed E-state index contributed by atoms with van der Waals surface area (Å²) < 4.78 is 10.9. The number of hydrogen-bond acceptors (Lipinski definition) is 8. The summed E-state index contributed by atoms with van der Waals surface area (Å²) in [6, 6.07) is 0.678. The normalized spacial score (nSPS) is 23.1. The van der Waals surface area contributed by atoms with Crippen molar-refractivity contribution in [1.29, 1.82) is 0 Å². The highest BCUT2D eigenvalue weighted by atomic mass is 16.5. The second-order valence-electron chi connectivity index (χ2n) is 7.95. The Morgan fingerprint density at radius 2 is 1.68 bits per heavy atom. The van der Waals surface area contributed by atoms with Crippen molar-refractivity contribution in [2.45, 2.75) is 25.8 Å². The summed E-state index contributed by atoms with van der Waals surface area (Å²) in [6.07, 6.45) is 4.31. The Morgan fingerprint density at radius 1 is 1.00 bits per heavy atom. The van der Waals surface area contributed by atoms with Crippen molar-refractivity contribution in [3.8, 4) is 0 Å². The van der Waals surface area contributed by atoms with E-state index in [4.69, 9.17) is 14.5 Å². The fraction of sp³-hybridized carbons (Fsp3) is 0.800. The Hall–Kier alpha value is -1.48. The monoisotopic (exact) mass is 390 g/mol. The van der Waals surface area contributed by atoms with E-state index in [9.17, 15) is 0 Å². The molecule has 8 nitrogen and oxygen atoms in total. The second kappa shape index (κ2) is 9.82. The number of rotatable bonds is 6. The van der Waals surface area contributed by atoms with Crippen molar-refractivity contribution in [3.63, 3.8) is 0 Å². The predicted octanol–water partition coefficient (Wildman–Crippen LogP) is 0.830. The standard InChI is InChI=1S/C20H34N6O2/c1-17-16-22-20(23-19(17)21-4-7-24-8-12-27-13-9-24)26-5-2-18(3-6-26)25-10-14-28-15-11-25/h16,18H,2-15H2,1H3,(H,21,22,23). The van der Waals surface area contributed by atoms with E-state index in [1.807, 2.05) is 6.20 Å². The lowest BCUT2D eigenvalue weighted by Crippen LogP contribution is -2.49. The van der Waals surface area contributed by atoms with Crippen LogP contribution in [0.25, 0.3) is 0 Å². The van der Waals surface area contributed by atoms with Crippen molar-refractivity contribution in [2.24, 2.45) is 0 Å². The van der Waals surface area contributed by atoms with E-state index in [2.05, 4.69) is 31.9 Å². The molecule has 0 unspecified atom stereocenters. The minimum Gasteiger partial charge on any atom is -0.379 e. The zero-order valence-electron chi connectivity index (χ0n) is 17.1. The maximum absolute atomic E-state index is 5.49. The molecule has 0 aromatic carbocycles. The number of aromatic nitrogens is 2. The van der Waals surface area contributed by atoms with Gasteiger partial charge in [-0.05, 0) is 19.8 Å². The molecule has 0 spiro atoms. The van der Waals surface area contributed by atoms with Gasteiger partial charge in [0.25, 0.3) is 0 Å². The molecule has 0 bridgehead atoms. The van der Waals surface area contributed by atoms with Crippen LogP contribution >= 0.6 is 0 Å². The minimum atomic E-state index is 0.678. The number of nitrogens with zero attached hydrogens (tertiary/aromatic N) is 5. The Bertz CT molecular complexity index is 611. The number of nitrogens with one attached hydrogen (secondary N) is 1. The molecule has 3 fully saturated rings. The van der Waals surface area contributed by atoms with Crippen LogP contribution in [0, 0.1) is 6.92 Å². The molecule has 4 heterocycles. The zero-order chi connectivity index (χ0) is 19.2. The lowest BCUT2D eigenvalue weighted by Gasteiger charge is -2.40. The third-order valence-electron chi connectivity index (χ3n) is 6.09. The molecule has 1 N–H and O–H groups in total. The smallest absolute Gasteiger partial charge is 0.227 e. The molecule has 0 aliphatic carbocycles. The second-order valence-corrected chi connectivity index (χ2v) is 7.95. The number of aryl methyl sites for hydroxylation is 1. The maximum Gasteiger partial charge on any atom is 0.227 e. The topological polar surface area (TPSA) is 66.0 Å². The molecule has 0 amide bonds. The van der Waals surface area contributed by atoms with Crippen LogP contribution in [0.2, 0.25) is 0 Å². The number of hydrogen-bond donors (Lipinski definition) is 1. The highest BCUT2D eigenvalue weighted by Crippen LogP contribution is 2.22. The fourth-order valence-corrected chi connectivity index (χ4v) is 4.29. The first-order chi connectivity index (χ1) is 13.8. The first kappa shape index (κ1) is 19.8. The lowest BCUT2D eigenvalue weighted by molar-refractivity contribution is 0.0114. The van der Waals surface area contributed by atoms with Crippen LogP contribution in [-0.2, 0) is 9.47 Å². The molecular formula is C20H34N6O2. The van der Waals surface area contributed by atoms with Gasteiger partial charge in [-0.15, -0.1) is 0 Å². The van der Waals surface area contributed by atoms with E-state index in [1.54, 1.807) is 0 Å². The third kappa shape index (κ3) is 5.11. The molecule has 0 saturated carbocycles. The lowest BCUT2D eigenvalue weighted by atomic mass is 10.0. The van der Waals surface area contributed by atoms with Crippen LogP contribution < -0.4 is 10.2 Å². The van der Waals surface area contributed by atoms with Gasteiger partial charge in [0.1, 0.15) is 5.82 Å². The van der Waals surface area contributed by atoms with Crippen LogP contribution in [0.3, 0.4) is 0 Å². The number of anilines is 2. The SMILES string of the molecule is Cc1cnc(N2CCC(N3CCOCC3)CC2)nc1NCCN1CCOCC1. The van der Waals surface area contributed by atoms with Gasteiger partial charge in [0.2, 0.25) is 5.95 Å². The molecule has 3 aliphatic rings. The quantitative estimate of drug-likeness (QED) is 0.766. The summed E-state index contributed by atoms with van der Waals surface area (Å²) in [4.78, 5) is 16.8. The fourth-order valence-electron chi connectivity index (χ4n) is 4.29. The van der Waals surface area contributed by atoms with Crippen LogP contribution in [0.4, 0.5) is 11.8 Å². The average molecular weight is 391 g/mol. The van der Waals surface area contributed by atoms with E-state index < -0.39 is 0 Å². The van der Waals surface area contributed by atoms with Gasteiger partial charge in [-0.3, -0.25) is 9.80 Å². The molecule has 3 aliphatic heterocycles. The Balaban J connectivity index is 1.28. The largest absolute Gasteiger partial charge is 0.379 e. The van der Waals surface area contributed by atoms with E-state index in [0.717, 1.165) is 96.1 Å². The molecule has 1 aromatic rings. The minimum absolute atomic E-state index is 0.678. The molecule has 3 saturated heterocycles. The van der Waals surface area contributed by atoms with Crippen LogP contribution in [0.1, 0.15) is 18.4 Å². The van der Waals surface area contributed by atoms with Crippen LogP contribution in [0.15, 0.2) is 6.20 Å². The molecule has 8 heteroatoms. The highest BCUT2D eigenvalue weighted by molar-refractivity contribution is 5.47. The van der Waals surface area contributed by atoms with Crippen molar-refractivity contribution in [2.75, 3.05) is 89.0 Å². The van der Waals surface area contributed by atoms with Gasteiger partial charge < -0.3 is 19.7 Å². The zero-order valence-corrected chi connectivity index (χ0v) is 17.1. The molecule has 1 aromatic heterocycles. The summed E-state index contributed by atoms with van der Waals surface area (Å²) >= 11 is 0. The number of piperidine rings is 1. The maximum atomic E-state index is 5.49. The Kier molecular flexibility index (Phi) is 6.95. The van der Waals surface area contributed by atoms with Gasteiger partial charge in [-0.1, -0.05) is 0 Å². The van der Waals surface area contributed by atoms with Crippen LogP contribution in [-0.4, -0.2) is 105 Å². The molecule has 0 radical (unpaired) electrons. The highest BCUT2D eigenvalue weighted by Gasteiger charge is 2.27. The summed E-state index contributed by atoms with van der Waals surface area (Å²) in [6.45, 7) is 13.7. The average Bonchev–Trinajstić information content (AvgIpc) is 2.77. The van der Waals surface area contributed by atoms with Gasteiger partial charge in [-0.2, -0.15) is 4.98 Å². The van der Waals surface area contributed by atoms with Gasteiger partial charge in [0.15, 0.2) is 0 Å². The molecule has 156 valence electrons. The van der Waals surface area contributed by atoms with E-state index in [1.165, 1.54) is 12.8 Å². The molecule has 4 rings (SSSR count). The Morgan fingerprint density at radius 3 is 2.39 bits per heavy atom. The number of ether oxygens (including phenoxy) is 2. The van der Waals surface area contributed by atoms with Gasteiger partial charge >= 0.3 is 0 Å². The number of morpholine rings is 2. The van der Waals surface area contributed by atoms with Crippen molar-refractivity contribution in [3.05, 3.63) is 11.8 Å². The van der Waals surface area contributed by atoms with Gasteiger partial charge in [0, 0.05) is 70.2 Å². The predicted molar refractivity (Wildman–Crippen MR) is 110 cm³/mol. The van der Waals surface area contributed by atoms with E-state index >= 15 is 0 Å². The van der Waals surface area contributed by atoms with Gasteiger partial charge in [-0.25, -0.2) is 4.98 Å². The summed E-state index contributed by atoms with van der Waals surface area (Å²) in [5.74, 6) is 1.83. The van der Waals surface area contributed by atoms with Crippen molar-refractivity contribution >= 4 is 11.8 Å². The summed E-state index contributed by atoms with van der Waals surface area (Å²) in [5, 5.41) is 3.52. The van der Waals surface area contributed by atoms with Crippen molar-refractivity contribution in [1.82, 2.24) is 19.8 Å². The van der Waals surface area contributed by atoms with Crippen molar-refractivity contribution < 1.29 is 9.47 Å². The third-order valence-corrected chi connectivity index (χ3v) is 6.09. The van der Waals surface area contributed by atoms with Gasteiger partial charge in [0.05, 0.1) is 26.4 Å². The van der Waals surface area contributed by atoms with Crippen LogP contribution in [0.5, 0.6) is 0 Å². The summed E-state index contributed by atoms with van der Waals surface area (Å²) in [5.41, 5.74) is 1.11. The molecule has 28 heavy (non-hydrogen) atoms. The Labute approximate surface area is 168 Å². The molecule has 0 atom stereocenters. The van der Waals surface area contributed by atoms with E-state index in [-0.39, 0.29) is 0 Å². The van der Waals surface area contributed by atoms with E-state index in [0.29, 0.717) is 6.04 Å². The first-order valence-corrected chi connectivity index (χ1v) is 10.7. The summed E-state index contributed by atoms with van der Waals surface area (Å²) in [7, 11) is 0.